The molecule has 1 saturated carbocycles. The largest absolute Gasteiger partial charge is 0.316 e. The minimum absolute atomic E-state index is 0.378. The van der Waals surface area contributed by atoms with Gasteiger partial charge in [0.25, 0.3) is 0 Å². The molecule has 0 amide bonds. The highest BCUT2D eigenvalue weighted by atomic mass is 32.2. The van der Waals surface area contributed by atoms with Crippen molar-refractivity contribution < 1.29 is 8.76 Å². The van der Waals surface area contributed by atoms with E-state index in [0.29, 0.717) is 11.5 Å². The van der Waals surface area contributed by atoms with Crippen molar-refractivity contribution in [1.29, 1.82) is 0 Å². The van der Waals surface area contributed by atoms with Crippen LogP contribution in [0.4, 0.5) is 0 Å². The van der Waals surface area contributed by atoms with Crippen LogP contribution in [0.3, 0.4) is 0 Å². The predicted molar refractivity (Wildman–Crippen MR) is 50.0 cm³/mol. The maximum atomic E-state index is 10.6. The molecule has 1 unspecified atom stereocenters. The minimum atomic E-state index is -1.90. The smallest absolute Gasteiger partial charge is 0.248 e. The molecule has 2 fully saturated rings. The van der Waals surface area contributed by atoms with E-state index >= 15 is 0 Å². The van der Waals surface area contributed by atoms with Crippen LogP contribution in [0.2, 0.25) is 0 Å². The summed E-state index contributed by atoms with van der Waals surface area (Å²) in [6.45, 7) is 2.22. The first-order valence-corrected chi connectivity index (χ1v) is 5.49. The predicted octanol–water partition coefficient (Wildman–Crippen LogP) is -0.688. The molecule has 0 aromatic rings. The van der Waals surface area contributed by atoms with Crippen LogP contribution in [0.25, 0.3) is 0 Å². The van der Waals surface area contributed by atoms with Gasteiger partial charge < -0.3 is 5.32 Å². The van der Waals surface area contributed by atoms with E-state index in [1.165, 1.54) is 4.41 Å². The molecule has 6 heteroatoms. The van der Waals surface area contributed by atoms with Gasteiger partial charge in [0.1, 0.15) is 0 Å². The van der Waals surface area contributed by atoms with Crippen LogP contribution in [0.5, 0.6) is 0 Å². The summed E-state index contributed by atoms with van der Waals surface area (Å²) >= 11 is -1.90. The van der Waals surface area contributed by atoms with Crippen LogP contribution in [0, 0.1) is 5.41 Å². The summed E-state index contributed by atoms with van der Waals surface area (Å²) in [5.41, 5.74) is 3.50. The number of nitrogens with one attached hydrogen (secondary N) is 2. The maximum Gasteiger partial charge on any atom is 0.248 e. The van der Waals surface area contributed by atoms with Gasteiger partial charge in [0.2, 0.25) is 11.3 Å². The fraction of sp³-hybridized carbons (Fsp3) is 1.00. The molecule has 2 rings (SSSR count). The van der Waals surface area contributed by atoms with Crippen LogP contribution in [-0.2, 0) is 11.3 Å². The molecule has 13 heavy (non-hydrogen) atoms. The van der Waals surface area contributed by atoms with Gasteiger partial charge in [0.05, 0.1) is 0 Å². The Morgan fingerprint density at radius 1 is 1.62 bits per heavy atom. The Balaban J connectivity index is 1.71. The molecule has 0 aromatic carbocycles. The van der Waals surface area contributed by atoms with Crippen molar-refractivity contribution in [3.8, 4) is 0 Å². The SMILES string of the molecule is CN(NC1CC2(CNC2)C1)S(=O)O. The number of hydrazine groups is 1. The van der Waals surface area contributed by atoms with Gasteiger partial charge >= 0.3 is 0 Å². The summed E-state index contributed by atoms with van der Waals surface area (Å²) in [7, 11) is 1.58. The molecular weight excluding hydrogens is 190 g/mol. The van der Waals surface area contributed by atoms with Gasteiger partial charge in [-0.15, -0.1) is 4.41 Å². The van der Waals surface area contributed by atoms with E-state index in [9.17, 15) is 4.21 Å². The summed E-state index contributed by atoms with van der Waals surface area (Å²) in [4.78, 5) is 0. The summed E-state index contributed by atoms with van der Waals surface area (Å²) in [5.74, 6) is 0. The summed E-state index contributed by atoms with van der Waals surface area (Å²) in [5, 5.41) is 3.25. The first-order chi connectivity index (χ1) is 6.11. The van der Waals surface area contributed by atoms with E-state index in [4.69, 9.17) is 4.55 Å². The Morgan fingerprint density at radius 2 is 2.23 bits per heavy atom. The molecule has 1 atom stereocenters. The van der Waals surface area contributed by atoms with Crippen molar-refractivity contribution in [2.75, 3.05) is 20.1 Å². The van der Waals surface area contributed by atoms with E-state index in [2.05, 4.69) is 10.7 Å². The van der Waals surface area contributed by atoms with E-state index < -0.39 is 11.3 Å². The first-order valence-electron chi connectivity index (χ1n) is 4.43. The molecule has 2 aliphatic rings. The molecule has 1 heterocycles. The van der Waals surface area contributed by atoms with Gasteiger partial charge in [-0.1, -0.05) is 0 Å². The number of hydrogen-bond acceptors (Lipinski definition) is 3. The van der Waals surface area contributed by atoms with Gasteiger partial charge in [-0.3, -0.25) is 4.55 Å². The molecule has 0 radical (unpaired) electrons. The standard InChI is InChI=1S/C7H15N3O2S/c1-10(13(11)12)9-6-2-7(3-6)4-8-5-7/h6,8-9H,2-5H2,1H3,(H,11,12). The van der Waals surface area contributed by atoms with Crippen molar-refractivity contribution >= 4 is 11.3 Å². The fourth-order valence-electron chi connectivity index (χ4n) is 2.15. The number of nitrogens with zero attached hydrogens (tertiary/aromatic N) is 1. The van der Waals surface area contributed by atoms with Crippen molar-refractivity contribution in [2.45, 2.75) is 18.9 Å². The van der Waals surface area contributed by atoms with Crippen molar-refractivity contribution in [2.24, 2.45) is 5.41 Å². The third-order valence-corrected chi connectivity index (χ3v) is 3.53. The van der Waals surface area contributed by atoms with E-state index in [1.807, 2.05) is 0 Å². The summed E-state index contributed by atoms with van der Waals surface area (Å²) < 4.78 is 20.5. The Bertz CT molecular complexity index is 224. The second-order valence-corrected chi connectivity index (χ2v) is 5.08. The highest BCUT2D eigenvalue weighted by Crippen LogP contribution is 2.44. The molecule has 1 aliphatic heterocycles. The zero-order chi connectivity index (χ0) is 9.47. The third kappa shape index (κ3) is 1.77. The van der Waals surface area contributed by atoms with Crippen molar-refractivity contribution in [1.82, 2.24) is 15.2 Å². The highest BCUT2D eigenvalue weighted by molar-refractivity contribution is 7.76. The van der Waals surface area contributed by atoms with Gasteiger partial charge in [0, 0.05) is 26.2 Å². The summed E-state index contributed by atoms with van der Waals surface area (Å²) in [6.07, 6.45) is 2.23. The quantitative estimate of drug-likeness (QED) is 0.421. The molecule has 76 valence electrons. The van der Waals surface area contributed by atoms with Crippen molar-refractivity contribution in [3.63, 3.8) is 0 Å². The minimum Gasteiger partial charge on any atom is -0.316 e. The molecule has 1 spiro atoms. The molecule has 1 saturated heterocycles. The lowest BCUT2D eigenvalue weighted by Crippen LogP contribution is -2.66. The van der Waals surface area contributed by atoms with E-state index in [0.717, 1.165) is 25.9 Å². The van der Waals surface area contributed by atoms with Gasteiger partial charge in [-0.05, 0) is 18.3 Å². The first kappa shape index (κ1) is 9.54. The lowest BCUT2D eigenvalue weighted by molar-refractivity contribution is 0.00669. The average Bonchev–Trinajstić information content (AvgIpc) is 1.90. The van der Waals surface area contributed by atoms with Gasteiger partial charge in [-0.25, -0.2) is 9.63 Å². The van der Waals surface area contributed by atoms with Crippen LogP contribution in [0.1, 0.15) is 12.8 Å². The molecule has 5 nitrogen and oxygen atoms in total. The fourth-order valence-corrected chi connectivity index (χ4v) is 2.39. The van der Waals surface area contributed by atoms with E-state index in [1.54, 1.807) is 7.05 Å². The molecule has 1 aliphatic carbocycles. The van der Waals surface area contributed by atoms with Gasteiger partial charge in [-0.2, -0.15) is 0 Å². The van der Waals surface area contributed by atoms with Crippen LogP contribution >= 0.6 is 0 Å². The van der Waals surface area contributed by atoms with Crippen molar-refractivity contribution in [3.05, 3.63) is 0 Å². The van der Waals surface area contributed by atoms with Gasteiger partial charge in [0.15, 0.2) is 0 Å². The normalized spacial score (nSPS) is 28.5. The van der Waals surface area contributed by atoms with E-state index in [-0.39, 0.29) is 0 Å². The highest BCUT2D eigenvalue weighted by Gasteiger charge is 2.48. The Kier molecular flexibility index (Phi) is 2.41. The number of hydrogen-bond donors (Lipinski definition) is 3. The zero-order valence-corrected chi connectivity index (χ0v) is 8.43. The second kappa shape index (κ2) is 3.29. The molecule has 0 bridgehead atoms. The average molecular weight is 205 g/mol. The lowest BCUT2D eigenvalue weighted by Gasteiger charge is -2.54. The Morgan fingerprint density at radius 3 is 2.62 bits per heavy atom. The Labute approximate surface area is 80.3 Å². The molecular formula is C7H15N3O2S. The monoisotopic (exact) mass is 205 g/mol. The topological polar surface area (TPSA) is 64.6 Å². The maximum absolute atomic E-state index is 10.6. The summed E-state index contributed by atoms with van der Waals surface area (Å²) in [6, 6.07) is 0.378. The van der Waals surface area contributed by atoms with Crippen LogP contribution in [-0.4, -0.2) is 39.4 Å². The Hall–Kier alpha value is -0.0100. The zero-order valence-electron chi connectivity index (χ0n) is 7.62. The van der Waals surface area contributed by atoms with Crippen LogP contribution in [0.15, 0.2) is 0 Å². The molecule has 3 N–H and O–H groups in total. The lowest BCUT2D eigenvalue weighted by atomic mass is 9.62. The second-order valence-electron chi connectivity index (χ2n) is 4.07. The number of rotatable bonds is 3. The molecule has 0 aromatic heterocycles. The third-order valence-electron chi connectivity index (χ3n) is 2.96. The van der Waals surface area contributed by atoms with Crippen LogP contribution < -0.4 is 10.7 Å².